The third-order valence-electron chi connectivity index (χ3n) is 3.46. The van der Waals surface area contributed by atoms with E-state index in [1.165, 1.54) is 6.92 Å². The lowest BCUT2D eigenvalue weighted by molar-refractivity contribution is -0.156. The first kappa shape index (κ1) is 22.1. The molecule has 0 aliphatic heterocycles. The molecule has 0 aliphatic carbocycles. The molecule has 1 heterocycles. The normalized spacial score (nSPS) is 12.1. The van der Waals surface area contributed by atoms with Crippen LogP contribution < -0.4 is 0 Å². The van der Waals surface area contributed by atoms with E-state index >= 15 is 0 Å². The molecular weight excluding hydrogens is 354 g/mol. The Hall–Kier alpha value is -2.90. The molecule has 0 spiro atoms. The highest BCUT2D eigenvalue weighted by molar-refractivity contribution is 5.87. The van der Waals surface area contributed by atoms with Gasteiger partial charge in [0.1, 0.15) is 12.7 Å². The summed E-state index contributed by atoms with van der Waals surface area (Å²) in [5, 5.41) is 8.70. The Kier molecular flexibility index (Phi) is 10.2. The Bertz CT molecular complexity index is 643. The Morgan fingerprint density at radius 1 is 1.15 bits per heavy atom. The molecule has 1 aromatic heterocycles. The van der Waals surface area contributed by atoms with E-state index in [4.69, 9.17) is 19.3 Å². The molecule has 0 fully saturated rings. The molecule has 148 valence electrons. The van der Waals surface area contributed by atoms with Gasteiger partial charge in [-0.15, -0.1) is 0 Å². The number of hydrogen-bond acceptors (Lipinski definition) is 8. The van der Waals surface area contributed by atoms with E-state index in [1.54, 1.807) is 19.3 Å². The molecule has 0 saturated carbocycles. The van der Waals surface area contributed by atoms with Crippen molar-refractivity contribution >= 4 is 17.9 Å². The smallest absolute Gasteiger partial charge is 0.337 e. The molecular formula is C19H25NO7. The van der Waals surface area contributed by atoms with Crippen LogP contribution >= 0.6 is 0 Å². The van der Waals surface area contributed by atoms with Crippen LogP contribution in [0.1, 0.15) is 38.7 Å². The third kappa shape index (κ3) is 9.98. The highest BCUT2D eigenvalue weighted by Crippen LogP contribution is 2.04. The number of aliphatic hydroxyl groups is 1. The van der Waals surface area contributed by atoms with Gasteiger partial charge < -0.3 is 19.3 Å². The molecule has 0 aliphatic rings. The van der Waals surface area contributed by atoms with Crippen molar-refractivity contribution < 1.29 is 33.7 Å². The highest BCUT2D eigenvalue weighted by Gasteiger charge is 2.15. The lowest BCUT2D eigenvalue weighted by Crippen LogP contribution is -2.23. The second-order valence-electron chi connectivity index (χ2n) is 5.89. The van der Waals surface area contributed by atoms with Gasteiger partial charge in [-0.05, 0) is 44.4 Å². The van der Waals surface area contributed by atoms with Gasteiger partial charge >= 0.3 is 17.9 Å². The number of aromatic nitrogens is 1. The second-order valence-corrected chi connectivity index (χ2v) is 5.89. The molecule has 0 radical (unpaired) electrons. The Morgan fingerprint density at radius 2 is 1.78 bits per heavy atom. The summed E-state index contributed by atoms with van der Waals surface area (Å²) in [4.78, 5) is 38.6. The zero-order valence-electron chi connectivity index (χ0n) is 15.6. The predicted molar refractivity (Wildman–Crippen MR) is 95.6 cm³/mol. The summed E-state index contributed by atoms with van der Waals surface area (Å²) in [6, 6.07) is 3.80. The molecule has 27 heavy (non-hydrogen) atoms. The molecule has 0 aromatic carbocycles. The first-order valence-electron chi connectivity index (χ1n) is 8.64. The second kappa shape index (κ2) is 12.5. The Morgan fingerprint density at radius 3 is 2.41 bits per heavy atom. The molecule has 8 nitrogen and oxygen atoms in total. The van der Waals surface area contributed by atoms with Crippen LogP contribution in [0.2, 0.25) is 0 Å². The van der Waals surface area contributed by atoms with E-state index in [-0.39, 0.29) is 31.6 Å². The number of rotatable bonds is 11. The molecule has 1 rings (SSSR count). The minimum atomic E-state index is -0.698. The fraction of sp³-hybridized carbons (Fsp3) is 0.474. The lowest BCUT2D eigenvalue weighted by Gasteiger charge is -2.13. The molecule has 0 bridgehead atoms. The fourth-order valence-corrected chi connectivity index (χ4v) is 1.93. The van der Waals surface area contributed by atoms with Crippen molar-refractivity contribution in [2.45, 2.75) is 45.6 Å². The van der Waals surface area contributed by atoms with E-state index < -0.39 is 24.0 Å². The van der Waals surface area contributed by atoms with Gasteiger partial charge in [0.15, 0.2) is 0 Å². The summed E-state index contributed by atoms with van der Waals surface area (Å²) in [5.41, 5.74) is 1.16. The van der Waals surface area contributed by atoms with Gasteiger partial charge in [-0.25, -0.2) is 4.79 Å². The minimum Gasteiger partial charge on any atom is -0.515 e. The van der Waals surface area contributed by atoms with E-state index in [1.807, 2.05) is 12.1 Å². The van der Waals surface area contributed by atoms with Crippen LogP contribution in [-0.2, 0) is 35.0 Å². The quantitative estimate of drug-likeness (QED) is 0.205. The molecule has 0 saturated heterocycles. The first-order chi connectivity index (χ1) is 12.9. The van der Waals surface area contributed by atoms with Crippen molar-refractivity contribution in [3.8, 4) is 0 Å². The van der Waals surface area contributed by atoms with Crippen LogP contribution in [0.25, 0.3) is 0 Å². The summed E-state index contributed by atoms with van der Waals surface area (Å²) >= 11 is 0. The summed E-state index contributed by atoms with van der Waals surface area (Å²) in [5.74, 6) is -1.75. The zero-order chi connectivity index (χ0) is 20.1. The molecule has 0 amide bonds. The van der Waals surface area contributed by atoms with E-state index in [0.29, 0.717) is 12.7 Å². The van der Waals surface area contributed by atoms with Crippen molar-refractivity contribution in [1.82, 2.24) is 4.98 Å². The number of esters is 3. The van der Waals surface area contributed by atoms with Crippen molar-refractivity contribution in [3.05, 3.63) is 41.9 Å². The van der Waals surface area contributed by atoms with E-state index in [2.05, 4.69) is 4.98 Å². The van der Waals surface area contributed by atoms with Crippen molar-refractivity contribution in [3.63, 3.8) is 0 Å². The van der Waals surface area contributed by atoms with E-state index in [0.717, 1.165) is 12.0 Å². The maximum absolute atomic E-state index is 11.6. The van der Waals surface area contributed by atoms with Gasteiger partial charge in [0.25, 0.3) is 0 Å². The number of nitrogens with zero attached hydrogens (tertiary/aromatic N) is 1. The SMILES string of the molecule is C/C(=C\O)C(=O)OC(C)COC(=O)CCC(=O)OCCCc1ccncc1. The van der Waals surface area contributed by atoms with Crippen LogP contribution in [0.5, 0.6) is 0 Å². The number of pyridine rings is 1. The van der Waals surface area contributed by atoms with Crippen LogP contribution in [0.3, 0.4) is 0 Å². The van der Waals surface area contributed by atoms with Gasteiger partial charge in [0, 0.05) is 12.4 Å². The van der Waals surface area contributed by atoms with Crippen LogP contribution in [0.15, 0.2) is 36.4 Å². The van der Waals surface area contributed by atoms with Crippen molar-refractivity contribution in [2.24, 2.45) is 0 Å². The first-order valence-corrected chi connectivity index (χ1v) is 8.64. The number of carbonyl (C=O) groups is 3. The average molecular weight is 379 g/mol. The van der Waals surface area contributed by atoms with E-state index in [9.17, 15) is 14.4 Å². The summed E-state index contributed by atoms with van der Waals surface area (Å²) in [7, 11) is 0. The van der Waals surface area contributed by atoms with Crippen LogP contribution in [0, 0.1) is 0 Å². The Balaban J connectivity index is 2.11. The largest absolute Gasteiger partial charge is 0.515 e. The zero-order valence-corrected chi connectivity index (χ0v) is 15.6. The maximum Gasteiger partial charge on any atom is 0.337 e. The molecule has 1 atom stereocenters. The molecule has 1 aromatic rings. The lowest BCUT2D eigenvalue weighted by atomic mass is 10.1. The number of aryl methyl sites for hydroxylation is 1. The maximum atomic E-state index is 11.6. The average Bonchev–Trinajstić information content (AvgIpc) is 2.68. The standard InChI is InChI=1S/C19H25NO7/c1-14(12-21)19(24)27-15(2)13-26-18(23)6-5-17(22)25-11-3-4-16-7-9-20-10-8-16/h7-10,12,15,21H,3-6,11,13H2,1-2H3/b14-12+. The Labute approximate surface area is 158 Å². The third-order valence-corrected chi connectivity index (χ3v) is 3.46. The number of hydrogen-bond donors (Lipinski definition) is 1. The highest BCUT2D eigenvalue weighted by atomic mass is 16.6. The van der Waals surface area contributed by atoms with Gasteiger partial charge in [-0.2, -0.15) is 0 Å². The monoisotopic (exact) mass is 379 g/mol. The minimum absolute atomic E-state index is 0.0415. The molecule has 1 N–H and O–H groups in total. The van der Waals surface area contributed by atoms with Crippen LogP contribution in [-0.4, -0.2) is 47.3 Å². The molecule has 1 unspecified atom stereocenters. The van der Waals surface area contributed by atoms with Gasteiger partial charge in [-0.1, -0.05) is 0 Å². The number of ether oxygens (including phenoxy) is 3. The van der Waals surface area contributed by atoms with Gasteiger partial charge in [0.2, 0.25) is 0 Å². The van der Waals surface area contributed by atoms with Crippen molar-refractivity contribution in [2.75, 3.05) is 13.2 Å². The van der Waals surface area contributed by atoms with Gasteiger partial charge in [0.05, 0.1) is 31.3 Å². The summed E-state index contributed by atoms with van der Waals surface area (Å²) < 4.78 is 15.0. The van der Waals surface area contributed by atoms with Crippen molar-refractivity contribution in [1.29, 1.82) is 0 Å². The topological polar surface area (TPSA) is 112 Å². The van der Waals surface area contributed by atoms with Crippen LogP contribution in [0.4, 0.5) is 0 Å². The fourth-order valence-electron chi connectivity index (χ4n) is 1.93. The number of carbonyl (C=O) groups excluding carboxylic acids is 3. The molecule has 8 heteroatoms. The number of aliphatic hydroxyl groups excluding tert-OH is 1. The predicted octanol–water partition coefficient (Wildman–Crippen LogP) is 2.27. The van der Waals surface area contributed by atoms with Gasteiger partial charge in [-0.3, -0.25) is 14.6 Å². The summed E-state index contributed by atoms with van der Waals surface area (Å²) in [6.07, 6.45) is 4.66. The summed E-state index contributed by atoms with van der Waals surface area (Å²) in [6.45, 7) is 3.09.